The maximum absolute atomic E-state index is 6.25. The second kappa shape index (κ2) is 35.5. The molecule has 0 amide bonds. The van der Waals surface area contributed by atoms with Gasteiger partial charge in [-0.3, -0.25) is 0 Å². The van der Waals surface area contributed by atoms with Crippen molar-refractivity contribution in [1.29, 1.82) is 0 Å². The van der Waals surface area contributed by atoms with Gasteiger partial charge in [0.15, 0.2) is 0 Å². The summed E-state index contributed by atoms with van der Waals surface area (Å²) >= 11 is 0. The van der Waals surface area contributed by atoms with E-state index in [9.17, 15) is 0 Å². The molecule has 6 heteroatoms. The van der Waals surface area contributed by atoms with Crippen molar-refractivity contribution in [2.75, 3.05) is 26.4 Å². The third kappa shape index (κ3) is 25.8. The molecule has 0 heterocycles. The molecule has 0 fully saturated rings. The molecule has 246 valence electrons. The van der Waals surface area contributed by atoms with Crippen LogP contribution in [0.1, 0.15) is 182 Å². The molecule has 0 unspecified atom stereocenters. The van der Waals surface area contributed by atoms with Crippen LogP contribution in [-0.4, -0.2) is 26.4 Å². The van der Waals surface area contributed by atoms with Crippen LogP contribution in [0.3, 0.4) is 0 Å². The predicted octanol–water partition coefficient (Wildman–Crippen LogP) is 6.25. The molecule has 0 atom stereocenters. The van der Waals surface area contributed by atoms with Gasteiger partial charge < -0.3 is 18.9 Å². The van der Waals surface area contributed by atoms with Gasteiger partial charge in [-0.25, -0.2) is 12.1 Å². The molecule has 0 spiro atoms. The summed E-state index contributed by atoms with van der Waals surface area (Å²) in [5, 5.41) is 0. The minimum Gasteiger partial charge on any atom is -0.573 e. The largest absolute Gasteiger partial charge is 1.00 e. The molecule has 0 N–H and O–H groups in total. The zero-order chi connectivity index (χ0) is 30.4. The monoisotopic (exact) mass is 603 g/mol. The number of rotatable bonds is 32. The molecular formula is C38H68Li2O4. The summed E-state index contributed by atoms with van der Waals surface area (Å²) in [6.45, 7) is 11.7. The first-order valence-electron chi connectivity index (χ1n) is 18.3. The van der Waals surface area contributed by atoms with Crippen LogP contribution < -0.4 is 56.7 Å². The van der Waals surface area contributed by atoms with Crippen molar-refractivity contribution in [2.24, 2.45) is 0 Å². The third-order valence-corrected chi connectivity index (χ3v) is 7.84. The van der Waals surface area contributed by atoms with Gasteiger partial charge in [0.05, 0.1) is 26.4 Å². The maximum atomic E-state index is 6.25. The Bertz CT molecular complexity index is 602. The van der Waals surface area contributed by atoms with Gasteiger partial charge in [-0.1, -0.05) is 179 Å². The van der Waals surface area contributed by atoms with Crippen LogP contribution in [0.2, 0.25) is 0 Å². The minimum atomic E-state index is 0. The molecule has 44 heavy (non-hydrogen) atoms. The van der Waals surface area contributed by atoms with Gasteiger partial charge in [0.2, 0.25) is 0 Å². The molecule has 0 aromatic heterocycles. The zero-order valence-corrected chi connectivity index (χ0v) is 30.4. The summed E-state index contributed by atoms with van der Waals surface area (Å²) in [7, 11) is 0. The van der Waals surface area contributed by atoms with E-state index in [1.54, 1.807) is 0 Å². The van der Waals surface area contributed by atoms with Crippen molar-refractivity contribution in [2.45, 2.75) is 182 Å². The summed E-state index contributed by atoms with van der Waals surface area (Å²) in [5.74, 6) is 2.50. The van der Waals surface area contributed by atoms with E-state index in [1.165, 1.54) is 128 Å². The molecule has 1 aromatic rings. The molecule has 0 aliphatic heterocycles. The molecule has 0 bridgehead atoms. The Morgan fingerprint density at radius 1 is 0.295 bits per heavy atom. The molecule has 0 aliphatic rings. The Labute approximate surface area is 298 Å². The Kier molecular flexibility index (Phi) is 36.9. The fourth-order valence-electron chi connectivity index (χ4n) is 5.07. The van der Waals surface area contributed by atoms with E-state index in [4.69, 9.17) is 18.9 Å². The van der Waals surface area contributed by atoms with E-state index in [0.29, 0.717) is 49.4 Å². The standard InChI is InChI=1S/C38H68O4.2Li/c1-5-9-13-17-21-25-29-39-35-33-37(41-31-27-23-19-15-11-7-3)38(42-32-28-24-20-16-12-8-4)34-36(35)40-30-26-22-18-14-10-6-2;;/h5-32H2,1-4H3;;/q-2;2*+1. The van der Waals surface area contributed by atoms with Crippen LogP contribution in [0, 0.1) is 12.1 Å². The van der Waals surface area contributed by atoms with Crippen molar-refractivity contribution in [3.63, 3.8) is 0 Å². The number of unbranched alkanes of at least 4 members (excludes halogenated alkanes) is 20. The van der Waals surface area contributed by atoms with Crippen molar-refractivity contribution < 1.29 is 56.7 Å². The fraction of sp³-hybridized carbons (Fsp3) is 0.842. The minimum absolute atomic E-state index is 0. The van der Waals surface area contributed by atoms with Crippen LogP contribution >= 0.6 is 0 Å². The fourth-order valence-corrected chi connectivity index (χ4v) is 5.07. The molecule has 1 aromatic carbocycles. The first-order valence-corrected chi connectivity index (χ1v) is 18.3. The van der Waals surface area contributed by atoms with Crippen LogP contribution in [0.5, 0.6) is 23.0 Å². The molecule has 4 nitrogen and oxygen atoms in total. The smallest absolute Gasteiger partial charge is 0.573 e. The average molecular weight is 603 g/mol. The van der Waals surface area contributed by atoms with E-state index >= 15 is 0 Å². The molecule has 0 saturated heterocycles. The van der Waals surface area contributed by atoms with Gasteiger partial charge >= 0.3 is 37.7 Å². The second-order valence-electron chi connectivity index (χ2n) is 12.0. The molecule has 1 rings (SSSR count). The van der Waals surface area contributed by atoms with E-state index in [-0.39, 0.29) is 37.7 Å². The third-order valence-electron chi connectivity index (χ3n) is 7.84. The first kappa shape index (κ1) is 45.7. The molecule has 0 saturated carbocycles. The van der Waals surface area contributed by atoms with E-state index < -0.39 is 0 Å². The number of benzene rings is 1. The average Bonchev–Trinajstić information content (AvgIpc) is 3.00. The quantitative estimate of drug-likeness (QED) is 0.0555. The van der Waals surface area contributed by atoms with Gasteiger partial charge in [0.25, 0.3) is 0 Å². The zero-order valence-electron chi connectivity index (χ0n) is 30.4. The maximum Gasteiger partial charge on any atom is 1.00 e. The van der Waals surface area contributed by atoms with E-state index in [1.807, 2.05) is 0 Å². The van der Waals surface area contributed by atoms with Gasteiger partial charge in [-0.2, -0.15) is 0 Å². The van der Waals surface area contributed by atoms with Gasteiger partial charge in [-0.05, 0) is 25.7 Å². The van der Waals surface area contributed by atoms with E-state index in [2.05, 4.69) is 39.8 Å². The van der Waals surface area contributed by atoms with Crippen LogP contribution in [0.25, 0.3) is 0 Å². The van der Waals surface area contributed by atoms with Gasteiger partial charge in [0.1, 0.15) is 0 Å². The summed E-state index contributed by atoms with van der Waals surface area (Å²) in [6, 6.07) is 6.83. The number of ether oxygens (including phenoxy) is 4. The summed E-state index contributed by atoms with van der Waals surface area (Å²) in [5.41, 5.74) is 0. The molecule has 0 radical (unpaired) electrons. The van der Waals surface area contributed by atoms with Crippen molar-refractivity contribution >= 4 is 0 Å². The summed E-state index contributed by atoms with van der Waals surface area (Å²) < 4.78 is 25.0. The van der Waals surface area contributed by atoms with Crippen molar-refractivity contribution in [3.05, 3.63) is 12.1 Å². The first-order chi connectivity index (χ1) is 20.8. The van der Waals surface area contributed by atoms with Crippen LogP contribution in [-0.2, 0) is 0 Å². The summed E-state index contributed by atoms with van der Waals surface area (Å²) in [6.07, 6.45) is 29.6. The normalized spacial score (nSPS) is 10.6. The van der Waals surface area contributed by atoms with E-state index in [0.717, 1.165) is 25.7 Å². The SMILES string of the molecule is CCCCCCCCOc1[c-]c(OCCCCCCCC)c(OCCCCCCCC)[c-]c1OCCCCCCCC.[Li+].[Li+]. The molecular weight excluding hydrogens is 534 g/mol. The van der Waals surface area contributed by atoms with Crippen molar-refractivity contribution in [3.8, 4) is 23.0 Å². The summed E-state index contributed by atoms with van der Waals surface area (Å²) in [4.78, 5) is 0. The van der Waals surface area contributed by atoms with Crippen molar-refractivity contribution in [1.82, 2.24) is 0 Å². The van der Waals surface area contributed by atoms with Gasteiger partial charge in [0, 0.05) is 0 Å². The molecule has 0 aliphatic carbocycles. The topological polar surface area (TPSA) is 36.9 Å². The van der Waals surface area contributed by atoms with Crippen LogP contribution in [0.15, 0.2) is 0 Å². The number of hydrogen-bond donors (Lipinski definition) is 0. The Morgan fingerprint density at radius 2 is 0.477 bits per heavy atom. The second-order valence-corrected chi connectivity index (χ2v) is 12.0. The predicted molar refractivity (Wildman–Crippen MR) is 180 cm³/mol. The Hall–Kier alpha value is -0.385. The van der Waals surface area contributed by atoms with Gasteiger partial charge in [-0.15, -0.1) is 0 Å². The Balaban J connectivity index is 0. The van der Waals surface area contributed by atoms with Crippen LogP contribution in [0.4, 0.5) is 0 Å². The number of hydrogen-bond acceptors (Lipinski definition) is 4. The Morgan fingerprint density at radius 3 is 0.682 bits per heavy atom.